The molecule has 1 atom stereocenters. The number of nitrogens with zero attached hydrogens (tertiary/aromatic N) is 1. The molecule has 2 nitrogen and oxygen atoms in total. The van der Waals surface area contributed by atoms with Crippen LogP contribution in [0.5, 0.6) is 0 Å². The second-order valence-corrected chi connectivity index (χ2v) is 4.96. The molecule has 1 heterocycles. The quantitative estimate of drug-likeness (QED) is 0.905. The normalized spacial score (nSPS) is 12.4. The Labute approximate surface area is 117 Å². The van der Waals surface area contributed by atoms with Crippen LogP contribution in [0, 0.1) is 0 Å². The van der Waals surface area contributed by atoms with Gasteiger partial charge in [-0.15, -0.1) is 0 Å². The first kappa shape index (κ1) is 13.3. The molecule has 0 fully saturated rings. The minimum atomic E-state index is 0.264. The molecule has 2 aromatic rings. The van der Waals surface area contributed by atoms with Crippen molar-refractivity contribution in [3.8, 4) is 11.1 Å². The van der Waals surface area contributed by atoms with Crippen LogP contribution in [-0.4, -0.2) is 12.0 Å². The minimum Gasteiger partial charge on any atom is -0.313 e. The zero-order valence-electron chi connectivity index (χ0n) is 10.2. The highest BCUT2D eigenvalue weighted by Crippen LogP contribution is 2.29. The van der Waals surface area contributed by atoms with Gasteiger partial charge in [-0.3, -0.25) is 4.98 Å². The lowest BCUT2D eigenvalue weighted by atomic mass is 10.0. The first-order valence-corrected chi connectivity index (χ1v) is 6.45. The van der Waals surface area contributed by atoms with Gasteiger partial charge in [0.2, 0.25) is 0 Å². The molecule has 0 aliphatic heterocycles. The number of pyridine rings is 1. The first-order chi connectivity index (χ1) is 8.61. The Balaban J connectivity index is 2.41. The van der Waals surface area contributed by atoms with Gasteiger partial charge >= 0.3 is 0 Å². The van der Waals surface area contributed by atoms with E-state index >= 15 is 0 Å². The van der Waals surface area contributed by atoms with E-state index < -0.39 is 0 Å². The van der Waals surface area contributed by atoms with Crippen LogP contribution in [0.2, 0.25) is 10.0 Å². The molecule has 0 saturated carbocycles. The van der Waals surface area contributed by atoms with Crippen LogP contribution in [0.4, 0.5) is 0 Å². The first-order valence-electron chi connectivity index (χ1n) is 5.69. The fourth-order valence-electron chi connectivity index (χ4n) is 1.69. The molecule has 0 aliphatic rings. The fraction of sp³-hybridized carbons (Fsp3) is 0.214. The van der Waals surface area contributed by atoms with Gasteiger partial charge in [0.05, 0.1) is 10.0 Å². The predicted molar refractivity (Wildman–Crippen MR) is 77.2 cm³/mol. The Hall–Kier alpha value is -1.09. The topological polar surface area (TPSA) is 24.9 Å². The molecule has 4 heteroatoms. The van der Waals surface area contributed by atoms with Crippen molar-refractivity contribution >= 4 is 23.2 Å². The molecule has 0 bridgehead atoms. The third-order valence-corrected chi connectivity index (χ3v) is 3.68. The maximum absolute atomic E-state index is 6.03. The summed E-state index contributed by atoms with van der Waals surface area (Å²) >= 11 is 11.9. The Morgan fingerprint density at radius 1 is 1.06 bits per heavy atom. The van der Waals surface area contributed by atoms with Crippen LogP contribution < -0.4 is 5.32 Å². The molecule has 0 amide bonds. The molecule has 0 radical (unpaired) electrons. The Bertz CT molecular complexity index is 555. The second kappa shape index (κ2) is 5.70. The van der Waals surface area contributed by atoms with Crippen LogP contribution in [-0.2, 0) is 0 Å². The van der Waals surface area contributed by atoms with Crippen LogP contribution in [0.1, 0.15) is 18.5 Å². The summed E-state index contributed by atoms with van der Waals surface area (Å²) in [6.45, 7) is 2.09. The van der Waals surface area contributed by atoms with Gasteiger partial charge in [0, 0.05) is 24.0 Å². The zero-order chi connectivity index (χ0) is 13.1. The minimum absolute atomic E-state index is 0.264. The molecule has 1 unspecified atom stereocenters. The fourth-order valence-corrected chi connectivity index (χ4v) is 1.99. The smallest absolute Gasteiger partial charge is 0.0598 e. The monoisotopic (exact) mass is 280 g/mol. The van der Waals surface area contributed by atoms with Gasteiger partial charge in [-0.1, -0.05) is 29.3 Å². The van der Waals surface area contributed by atoms with Crippen molar-refractivity contribution in [2.75, 3.05) is 7.05 Å². The molecule has 1 aromatic carbocycles. The maximum atomic E-state index is 6.03. The van der Waals surface area contributed by atoms with Gasteiger partial charge in [-0.05, 0) is 43.3 Å². The van der Waals surface area contributed by atoms with E-state index in [0.717, 1.165) is 16.7 Å². The van der Waals surface area contributed by atoms with E-state index in [1.807, 2.05) is 31.6 Å². The van der Waals surface area contributed by atoms with Gasteiger partial charge in [0.25, 0.3) is 0 Å². The highest BCUT2D eigenvalue weighted by molar-refractivity contribution is 6.42. The molecule has 1 aromatic heterocycles. The molecular weight excluding hydrogens is 267 g/mol. The molecule has 0 saturated heterocycles. The number of aromatic nitrogens is 1. The number of hydrogen-bond donors (Lipinski definition) is 1. The highest BCUT2D eigenvalue weighted by atomic mass is 35.5. The number of rotatable bonds is 3. The van der Waals surface area contributed by atoms with Crippen molar-refractivity contribution in [1.29, 1.82) is 0 Å². The van der Waals surface area contributed by atoms with Crippen LogP contribution in [0.15, 0.2) is 36.7 Å². The highest BCUT2D eigenvalue weighted by Gasteiger charge is 2.06. The third-order valence-electron chi connectivity index (χ3n) is 2.95. The van der Waals surface area contributed by atoms with Crippen LogP contribution >= 0.6 is 23.2 Å². The van der Waals surface area contributed by atoms with Gasteiger partial charge in [0.1, 0.15) is 0 Å². The summed E-state index contributed by atoms with van der Waals surface area (Å²) < 4.78 is 0. The summed E-state index contributed by atoms with van der Waals surface area (Å²) in [4.78, 5) is 4.27. The lowest BCUT2D eigenvalue weighted by molar-refractivity contribution is 0.650. The van der Waals surface area contributed by atoms with E-state index in [2.05, 4.69) is 23.3 Å². The SMILES string of the molecule is CNC(C)c1cncc(-c2ccc(Cl)c(Cl)c2)c1. The van der Waals surface area contributed by atoms with Crippen molar-refractivity contribution in [2.24, 2.45) is 0 Å². The summed E-state index contributed by atoms with van der Waals surface area (Å²) in [5, 5.41) is 4.31. The summed E-state index contributed by atoms with van der Waals surface area (Å²) in [6, 6.07) is 7.97. The average Bonchev–Trinajstić information content (AvgIpc) is 2.41. The molecule has 94 valence electrons. The van der Waals surface area contributed by atoms with E-state index in [9.17, 15) is 0 Å². The summed E-state index contributed by atoms with van der Waals surface area (Å²) in [5.74, 6) is 0. The van der Waals surface area contributed by atoms with E-state index in [0.29, 0.717) is 10.0 Å². The molecule has 0 aliphatic carbocycles. The Kier molecular flexibility index (Phi) is 4.23. The largest absolute Gasteiger partial charge is 0.313 e. The average molecular weight is 281 g/mol. The third kappa shape index (κ3) is 2.83. The molecule has 2 rings (SSSR count). The number of hydrogen-bond acceptors (Lipinski definition) is 2. The van der Waals surface area contributed by atoms with Gasteiger partial charge in [-0.25, -0.2) is 0 Å². The molecular formula is C14H14Cl2N2. The van der Waals surface area contributed by atoms with E-state index in [1.165, 1.54) is 0 Å². The van der Waals surface area contributed by atoms with E-state index in [-0.39, 0.29) is 6.04 Å². The Morgan fingerprint density at radius 3 is 2.50 bits per heavy atom. The lowest BCUT2D eigenvalue weighted by Crippen LogP contribution is -2.12. The van der Waals surface area contributed by atoms with E-state index in [4.69, 9.17) is 23.2 Å². The molecule has 18 heavy (non-hydrogen) atoms. The number of nitrogens with one attached hydrogen (secondary N) is 1. The Morgan fingerprint density at radius 2 is 1.83 bits per heavy atom. The van der Waals surface area contributed by atoms with Gasteiger partial charge < -0.3 is 5.32 Å². The van der Waals surface area contributed by atoms with Crippen molar-refractivity contribution in [3.05, 3.63) is 52.3 Å². The van der Waals surface area contributed by atoms with Crippen molar-refractivity contribution in [1.82, 2.24) is 10.3 Å². The molecule has 0 spiro atoms. The van der Waals surface area contributed by atoms with Crippen LogP contribution in [0.25, 0.3) is 11.1 Å². The number of halogens is 2. The predicted octanol–water partition coefficient (Wildman–Crippen LogP) is 4.34. The number of benzene rings is 1. The standard InChI is InChI=1S/C14H14Cl2N2/c1-9(17-2)11-5-12(8-18-7-11)10-3-4-13(15)14(16)6-10/h3-9,17H,1-2H3. The van der Waals surface area contributed by atoms with Gasteiger partial charge in [-0.2, -0.15) is 0 Å². The van der Waals surface area contributed by atoms with Crippen molar-refractivity contribution in [3.63, 3.8) is 0 Å². The molecule has 1 N–H and O–H groups in total. The summed E-state index contributed by atoms with van der Waals surface area (Å²) in [6.07, 6.45) is 3.69. The second-order valence-electron chi connectivity index (χ2n) is 4.15. The summed E-state index contributed by atoms with van der Waals surface area (Å²) in [5.41, 5.74) is 3.19. The van der Waals surface area contributed by atoms with Crippen LogP contribution in [0.3, 0.4) is 0 Å². The zero-order valence-corrected chi connectivity index (χ0v) is 11.8. The van der Waals surface area contributed by atoms with Crippen molar-refractivity contribution in [2.45, 2.75) is 13.0 Å². The van der Waals surface area contributed by atoms with Gasteiger partial charge in [0.15, 0.2) is 0 Å². The van der Waals surface area contributed by atoms with E-state index in [1.54, 1.807) is 6.07 Å². The maximum Gasteiger partial charge on any atom is 0.0598 e. The lowest BCUT2D eigenvalue weighted by Gasteiger charge is -2.11. The summed E-state index contributed by atoms with van der Waals surface area (Å²) in [7, 11) is 1.93. The van der Waals surface area contributed by atoms with Crippen molar-refractivity contribution < 1.29 is 0 Å².